The minimum Gasteiger partial charge on any atom is -0.399 e. The largest absolute Gasteiger partial charge is 0.399 e. The lowest BCUT2D eigenvalue weighted by molar-refractivity contribution is -0.119. The highest BCUT2D eigenvalue weighted by Gasteiger charge is 2.09. The number of aryl methyl sites for hydroxylation is 1. The van der Waals surface area contributed by atoms with Gasteiger partial charge in [-0.1, -0.05) is 6.07 Å². The lowest BCUT2D eigenvalue weighted by Gasteiger charge is -2.21. The summed E-state index contributed by atoms with van der Waals surface area (Å²) in [7, 11) is 3.48. The van der Waals surface area contributed by atoms with Gasteiger partial charge >= 0.3 is 0 Å². The number of methoxy groups -OCH3 is 1. The van der Waals surface area contributed by atoms with Crippen molar-refractivity contribution in [1.82, 2.24) is 5.32 Å². The summed E-state index contributed by atoms with van der Waals surface area (Å²) in [6.07, 6.45) is 0. The van der Waals surface area contributed by atoms with Crippen LogP contribution >= 0.6 is 0 Å². The number of nitrogens with zero attached hydrogens (tertiary/aromatic N) is 1. The summed E-state index contributed by atoms with van der Waals surface area (Å²) in [4.78, 5) is 13.5. The van der Waals surface area contributed by atoms with E-state index < -0.39 is 0 Å². The number of carbonyl (C=O) groups excluding carboxylic acids is 1. The third kappa shape index (κ3) is 4.25. The Morgan fingerprint density at radius 2 is 2.22 bits per heavy atom. The van der Waals surface area contributed by atoms with E-state index in [2.05, 4.69) is 5.32 Å². The lowest BCUT2D eigenvalue weighted by Crippen LogP contribution is -2.36. The van der Waals surface area contributed by atoms with Gasteiger partial charge in [-0.05, 0) is 24.6 Å². The van der Waals surface area contributed by atoms with Gasteiger partial charge in [-0.2, -0.15) is 0 Å². The van der Waals surface area contributed by atoms with E-state index in [1.165, 1.54) is 0 Å². The predicted octanol–water partition coefficient (Wildman–Crippen LogP) is 0.776. The van der Waals surface area contributed by atoms with Crippen molar-refractivity contribution in [3.8, 4) is 0 Å². The summed E-state index contributed by atoms with van der Waals surface area (Å²) in [5.74, 6) is -0.0311. The van der Waals surface area contributed by atoms with Crippen molar-refractivity contribution in [1.29, 1.82) is 0 Å². The number of anilines is 2. The quantitative estimate of drug-likeness (QED) is 0.579. The van der Waals surface area contributed by atoms with E-state index in [-0.39, 0.29) is 5.91 Å². The zero-order valence-corrected chi connectivity index (χ0v) is 11.2. The molecule has 0 saturated heterocycles. The van der Waals surface area contributed by atoms with Crippen LogP contribution in [0.1, 0.15) is 5.56 Å². The molecule has 1 aromatic rings. The first-order valence-corrected chi connectivity index (χ1v) is 5.87. The molecule has 0 spiro atoms. The summed E-state index contributed by atoms with van der Waals surface area (Å²) in [6.45, 7) is 3.34. The number of nitrogens with one attached hydrogen (secondary N) is 1. The van der Waals surface area contributed by atoms with Crippen LogP contribution in [0, 0.1) is 6.92 Å². The second-order valence-corrected chi connectivity index (χ2v) is 4.24. The van der Waals surface area contributed by atoms with Crippen LogP contribution in [0.2, 0.25) is 0 Å². The number of carbonyl (C=O) groups is 1. The summed E-state index contributed by atoms with van der Waals surface area (Å²) >= 11 is 0. The molecule has 18 heavy (non-hydrogen) atoms. The maximum atomic E-state index is 11.7. The number of amides is 1. The Morgan fingerprint density at radius 3 is 2.89 bits per heavy atom. The molecule has 0 aliphatic rings. The standard InChI is InChI=1S/C13H21N3O2/c1-10-4-5-11(14)8-12(10)16(2)9-13(17)15-6-7-18-3/h4-5,8H,6-7,9,14H2,1-3H3,(H,15,17). The number of likely N-dealkylation sites (N-methyl/N-ethyl adjacent to an activating group) is 1. The van der Waals surface area contributed by atoms with Crippen molar-refractivity contribution in [2.75, 3.05) is 44.5 Å². The summed E-state index contributed by atoms with van der Waals surface area (Å²) < 4.78 is 4.87. The van der Waals surface area contributed by atoms with Crippen LogP contribution in [0.5, 0.6) is 0 Å². The van der Waals surface area contributed by atoms with Crippen LogP contribution in [-0.4, -0.2) is 39.8 Å². The smallest absolute Gasteiger partial charge is 0.239 e. The number of hydrogen-bond donors (Lipinski definition) is 2. The van der Waals surface area contributed by atoms with Crippen molar-refractivity contribution in [2.45, 2.75) is 6.92 Å². The molecule has 0 aliphatic heterocycles. The monoisotopic (exact) mass is 251 g/mol. The van der Waals surface area contributed by atoms with E-state index in [9.17, 15) is 4.79 Å². The molecule has 100 valence electrons. The molecule has 5 heteroatoms. The predicted molar refractivity (Wildman–Crippen MR) is 73.7 cm³/mol. The van der Waals surface area contributed by atoms with E-state index >= 15 is 0 Å². The maximum Gasteiger partial charge on any atom is 0.239 e. The van der Waals surface area contributed by atoms with Crippen LogP contribution in [0.15, 0.2) is 18.2 Å². The van der Waals surface area contributed by atoms with Gasteiger partial charge in [0.2, 0.25) is 5.91 Å². The van der Waals surface area contributed by atoms with Gasteiger partial charge in [0.25, 0.3) is 0 Å². The van der Waals surface area contributed by atoms with E-state index in [1.54, 1.807) is 7.11 Å². The molecule has 1 aromatic carbocycles. The van der Waals surface area contributed by atoms with Crippen LogP contribution in [0.25, 0.3) is 0 Å². The summed E-state index contributed by atoms with van der Waals surface area (Å²) in [5, 5.41) is 2.78. The normalized spacial score (nSPS) is 10.2. The highest BCUT2D eigenvalue weighted by molar-refractivity contribution is 5.81. The average Bonchev–Trinajstić information content (AvgIpc) is 2.32. The molecule has 0 aliphatic carbocycles. The molecule has 0 unspecified atom stereocenters. The second-order valence-electron chi connectivity index (χ2n) is 4.24. The molecule has 0 fully saturated rings. The Hall–Kier alpha value is -1.75. The summed E-state index contributed by atoms with van der Waals surface area (Å²) in [6, 6.07) is 5.67. The Morgan fingerprint density at radius 1 is 1.50 bits per heavy atom. The molecular weight excluding hydrogens is 230 g/mol. The topological polar surface area (TPSA) is 67.6 Å². The maximum absolute atomic E-state index is 11.7. The molecule has 3 N–H and O–H groups in total. The fraction of sp³-hybridized carbons (Fsp3) is 0.462. The van der Waals surface area contributed by atoms with Crippen molar-refractivity contribution in [2.24, 2.45) is 0 Å². The Bertz CT molecular complexity index is 407. The molecule has 0 aromatic heterocycles. The van der Waals surface area contributed by atoms with E-state index in [0.29, 0.717) is 25.4 Å². The molecule has 1 amide bonds. The molecular formula is C13H21N3O2. The third-order valence-corrected chi connectivity index (χ3v) is 2.65. The van der Waals surface area contributed by atoms with Crippen molar-refractivity contribution < 1.29 is 9.53 Å². The Kier molecular flexibility index (Phi) is 5.45. The molecule has 1 rings (SSSR count). The first-order chi connectivity index (χ1) is 8.54. The zero-order chi connectivity index (χ0) is 13.5. The molecule has 0 bridgehead atoms. The van der Waals surface area contributed by atoms with E-state index in [0.717, 1.165) is 11.3 Å². The van der Waals surface area contributed by atoms with Gasteiger partial charge in [0.15, 0.2) is 0 Å². The molecule has 0 radical (unpaired) electrons. The fourth-order valence-electron chi connectivity index (χ4n) is 1.69. The van der Waals surface area contributed by atoms with Gasteiger partial charge in [-0.15, -0.1) is 0 Å². The SMILES string of the molecule is COCCNC(=O)CN(C)c1cc(N)ccc1C. The Balaban J connectivity index is 2.56. The lowest BCUT2D eigenvalue weighted by atomic mass is 10.1. The van der Waals surface area contributed by atoms with E-state index in [1.807, 2.05) is 37.1 Å². The second kappa shape index (κ2) is 6.86. The van der Waals surface area contributed by atoms with Gasteiger partial charge < -0.3 is 20.7 Å². The van der Waals surface area contributed by atoms with Crippen molar-refractivity contribution in [3.63, 3.8) is 0 Å². The summed E-state index contributed by atoms with van der Waals surface area (Å²) in [5.41, 5.74) is 8.51. The minimum absolute atomic E-state index is 0.0311. The number of nitrogen functional groups attached to an aromatic ring is 1. The fourth-order valence-corrected chi connectivity index (χ4v) is 1.69. The number of nitrogens with two attached hydrogens (primary N) is 1. The molecule has 0 atom stereocenters. The van der Waals surface area contributed by atoms with Gasteiger partial charge in [0, 0.05) is 32.1 Å². The van der Waals surface area contributed by atoms with Gasteiger partial charge in [-0.25, -0.2) is 0 Å². The molecule has 0 saturated carbocycles. The number of hydrogen-bond acceptors (Lipinski definition) is 4. The number of ether oxygens (including phenoxy) is 1. The first kappa shape index (κ1) is 14.3. The average molecular weight is 251 g/mol. The van der Waals surface area contributed by atoms with Gasteiger partial charge in [0.1, 0.15) is 0 Å². The first-order valence-electron chi connectivity index (χ1n) is 5.87. The Labute approximate surface area is 108 Å². The number of rotatable bonds is 6. The zero-order valence-electron chi connectivity index (χ0n) is 11.2. The minimum atomic E-state index is -0.0311. The van der Waals surface area contributed by atoms with Crippen LogP contribution < -0.4 is 16.0 Å². The van der Waals surface area contributed by atoms with Gasteiger partial charge in [0.05, 0.1) is 13.2 Å². The number of benzene rings is 1. The van der Waals surface area contributed by atoms with Crippen LogP contribution in [-0.2, 0) is 9.53 Å². The highest BCUT2D eigenvalue weighted by Crippen LogP contribution is 2.21. The van der Waals surface area contributed by atoms with Crippen LogP contribution in [0.4, 0.5) is 11.4 Å². The van der Waals surface area contributed by atoms with Gasteiger partial charge in [-0.3, -0.25) is 4.79 Å². The third-order valence-electron chi connectivity index (χ3n) is 2.65. The molecule has 5 nitrogen and oxygen atoms in total. The highest BCUT2D eigenvalue weighted by atomic mass is 16.5. The molecule has 0 heterocycles. The van der Waals surface area contributed by atoms with Crippen LogP contribution in [0.3, 0.4) is 0 Å². The van der Waals surface area contributed by atoms with Crippen molar-refractivity contribution in [3.05, 3.63) is 23.8 Å². The van der Waals surface area contributed by atoms with Crippen molar-refractivity contribution >= 4 is 17.3 Å². The van der Waals surface area contributed by atoms with E-state index in [4.69, 9.17) is 10.5 Å².